The molecule has 0 aliphatic heterocycles. The molecule has 0 amide bonds. The molecule has 72 valence electrons. The Bertz CT molecular complexity index is 294. The normalized spacial score (nSPS) is 10.6. The molecule has 0 unspecified atom stereocenters. The van der Waals surface area contributed by atoms with E-state index in [0.29, 0.717) is 15.1 Å². The number of halogens is 3. The molecule has 1 aromatic rings. The van der Waals surface area contributed by atoms with Crippen molar-refractivity contribution in [1.29, 1.82) is 0 Å². The Balaban J connectivity index is 3.23. The lowest BCUT2D eigenvalue weighted by Crippen LogP contribution is -1.99. The van der Waals surface area contributed by atoms with Crippen LogP contribution in [0.25, 0.3) is 0 Å². The first-order valence-electron chi connectivity index (χ1n) is 3.55. The quantitative estimate of drug-likeness (QED) is 0.619. The lowest BCUT2D eigenvalue weighted by Gasteiger charge is -2.08. The third-order valence-corrected chi connectivity index (χ3v) is 2.45. The summed E-state index contributed by atoms with van der Waals surface area (Å²) in [6.45, 7) is 1.62. The summed E-state index contributed by atoms with van der Waals surface area (Å²) in [5.41, 5.74) is 0.493. The van der Waals surface area contributed by atoms with Crippen LogP contribution in [0.3, 0.4) is 0 Å². The van der Waals surface area contributed by atoms with Crippen molar-refractivity contribution in [3.05, 3.63) is 20.9 Å². The predicted octanol–water partition coefficient (Wildman–Crippen LogP) is 2.94. The van der Waals surface area contributed by atoms with Crippen LogP contribution in [0.2, 0.25) is 0 Å². The van der Waals surface area contributed by atoms with E-state index >= 15 is 0 Å². The molecule has 2 nitrogen and oxygen atoms in total. The molecule has 0 saturated heterocycles. The van der Waals surface area contributed by atoms with Gasteiger partial charge in [0.15, 0.2) is 0 Å². The molecule has 0 saturated carbocycles. The van der Waals surface area contributed by atoms with Crippen molar-refractivity contribution < 1.29 is 13.5 Å². The minimum atomic E-state index is -2.48. The summed E-state index contributed by atoms with van der Waals surface area (Å²) >= 11 is 1.78. The highest BCUT2D eigenvalue weighted by atomic mass is 127. The molecule has 0 aromatic carbocycles. The van der Waals surface area contributed by atoms with E-state index in [-0.39, 0.29) is 5.56 Å². The lowest BCUT2D eigenvalue weighted by molar-refractivity contribution is 0.149. The van der Waals surface area contributed by atoms with Crippen molar-refractivity contribution in [2.24, 2.45) is 0 Å². The standard InChI is InChI=1S/C8H8F2INO/c1-4-3-5(13-2)12-8(11)6(4)7(9)10/h3,7H,1-2H3. The minimum absolute atomic E-state index is 0.0126. The molecule has 0 aliphatic carbocycles. The number of aryl methyl sites for hydroxylation is 1. The van der Waals surface area contributed by atoms with Gasteiger partial charge >= 0.3 is 0 Å². The molecule has 0 spiro atoms. The molecule has 0 bridgehead atoms. The first-order valence-corrected chi connectivity index (χ1v) is 4.63. The van der Waals surface area contributed by atoms with Crippen molar-refractivity contribution in [3.63, 3.8) is 0 Å². The average molecular weight is 299 g/mol. The fourth-order valence-corrected chi connectivity index (χ4v) is 1.88. The molecule has 1 rings (SSSR count). The summed E-state index contributed by atoms with van der Waals surface area (Å²) in [6, 6.07) is 1.50. The number of aromatic nitrogens is 1. The van der Waals surface area contributed by atoms with Gasteiger partial charge in [0.05, 0.1) is 12.7 Å². The molecule has 0 radical (unpaired) electrons. The molecule has 0 atom stereocenters. The fraction of sp³-hybridized carbons (Fsp3) is 0.375. The Labute approximate surface area is 88.5 Å². The number of methoxy groups -OCH3 is 1. The monoisotopic (exact) mass is 299 g/mol. The van der Waals surface area contributed by atoms with Crippen LogP contribution in [0, 0.1) is 10.6 Å². The topological polar surface area (TPSA) is 22.1 Å². The van der Waals surface area contributed by atoms with Crippen LogP contribution in [0.1, 0.15) is 17.6 Å². The molecule has 0 N–H and O–H groups in total. The van der Waals surface area contributed by atoms with Crippen molar-refractivity contribution in [3.8, 4) is 5.88 Å². The summed E-state index contributed by atoms with van der Waals surface area (Å²) < 4.78 is 30.0. The van der Waals surface area contributed by atoms with Crippen LogP contribution < -0.4 is 4.74 Å². The molecule has 0 fully saturated rings. The van der Waals surface area contributed by atoms with E-state index in [1.165, 1.54) is 13.2 Å². The third kappa shape index (κ3) is 2.26. The van der Waals surface area contributed by atoms with E-state index in [0.717, 1.165) is 0 Å². The van der Waals surface area contributed by atoms with Gasteiger partial charge in [0.2, 0.25) is 5.88 Å². The second kappa shape index (κ2) is 4.17. The third-order valence-electron chi connectivity index (χ3n) is 1.62. The second-order valence-corrected chi connectivity index (χ2v) is 3.51. The van der Waals surface area contributed by atoms with Crippen LogP contribution in [0.15, 0.2) is 6.07 Å². The van der Waals surface area contributed by atoms with E-state index in [9.17, 15) is 8.78 Å². The molecule has 1 aromatic heterocycles. The second-order valence-electron chi connectivity index (χ2n) is 2.49. The Morgan fingerprint density at radius 1 is 1.54 bits per heavy atom. The zero-order valence-electron chi connectivity index (χ0n) is 7.14. The zero-order valence-corrected chi connectivity index (χ0v) is 9.30. The number of ether oxygens (including phenoxy) is 1. The van der Waals surface area contributed by atoms with E-state index < -0.39 is 6.43 Å². The highest BCUT2D eigenvalue weighted by Crippen LogP contribution is 2.28. The molecule has 1 heterocycles. The zero-order chi connectivity index (χ0) is 10.0. The van der Waals surface area contributed by atoms with Crippen LogP contribution in [0.5, 0.6) is 5.88 Å². The fourth-order valence-electron chi connectivity index (χ4n) is 0.982. The SMILES string of the molecule is COc1cc(C)c(C(F)F)c(I)n1. The Morgan fingerprint density at radius 3 is 2.54 bits per heavy atom. The van der Waals surface area contributed by atoms with Gasteiger partial charge in [-0.05, 0) is 35.1 Å². The Hall–Kier alpha value is -0.460. The highest BCUT2D eigenvalue weighted by molar-refractivity contribution is 14.1. The molecule has 0 aliphatic rings. The summed E-state index contributed by atoms with van der Waals surface area (Å²) in [6.07, 6.45) is -2.48. The van der Waals surface area contributed by atoms with E-state index in [4.69, 9.17) is 4.74 Å². The van der Waals surface area contributed by atoms with Crippen molar-refractivity contribution in [2.75, 3.05) is 7.11 Å². The molecule has 13 heavy (non-hydrogen) atoms. The van der Waals surface area contributed by atoms with Crippen LogP contribution >= 0.6 is 22.6 Å². The maximum absolute atomic E-state index is 12.4. The predicted molar refractivity (Wildman–Crippen MR) is 53.2 cm³/mol. The highest BCUT2D eigenvalue weighted by Gasteiger charge is 2.16. The van der Waals surface area contributed by atoms with Gasteiger partial charge in [-0.1, -0.05) is 0 Å². The smallest absolute Gasteiger partial charge is 0.266 e. The van der Waals surface area contributed by atoms with Gasteiger partial charge in [0, 0.05) is 6.07 Å². The Kier molecular flexibility index (Phi) is 3.40. The molecule has 5 heteroatoms. The summed E-state index contributed by atoms with van der Waals surface area (Å²) in [4.78, 5) is 3.86. The van der Waals surface area contributed by atoms with Crippen LogP contribution in [-0.2, 0) is 0 Å². The lowest BCUT2D eigenvalue weighted by atomic mass is 10.2. The van der Waals surface area contributed by atoms with Gasteiger partial charge in [0.1, 0.15) is 3.70 Å². The molecular formula is C8H8F2INO. The first-order chi connectivity index (χ1) is 6.06. The van der Waals surface area contributed by atoms with E-state index in [2.05, 4.69) is 4.98 Å². The maximum atomic E-state index is 12.4. The number of hydrogen-bond donors (Lipinski definition) is 0. The summed E-state index contributed by atoms with van der Waals surface area (Å²) in [7, 11) is 1.46. The number of nitrogens with zero attached hydrogens (tertiary/aromatic N) is 1. The van der Waals surface area contributed by atoms with E-state index in [1.807, 2.05) is 0 Å². The minimum Gasteiger partial charge on any atom is -0.481 e. The first kappa shape index (κ1) is 10.6. The number of alkyl halides is 2. The van der Waals surface area contributed by atoms with E-state index in [1.54, 1.807) is 29.5 Å². The number of pyridine rings is 1. The summed E-state index contributed by atoms with van der Waals surface area (Å²) in [5.74, 6) is 0.367. The maximum Gasteiger partial charge on any atom is 0.266 e. The van der Waals surface area contributed by atoms with Crippen molar-refractivity contribution in [1.82, 2.24) is 4.98 Å². The van der Waals surface area contributed by atoms with Crippen molar-refractivity contribution >= 4 is 22.6 Å². The van der Waals surface area contributed by atoms with Gasteiger partial charge in [-0.2, -0.15) is 0 Å². The number of hydrogen-bond acceptors (Lipinski definition) is 2. The van der Waals surface area contributed by atoms with Crippen LogP contribution in [0.4, 0.5) is 8.78 Å². The Morgan fingerprint density at radius 2 is 2.15 bits per heavy atom. The number of rotatable bonds is 2. The van der Waals surface area contributed by atoms with Gasteiger partial charge in [0.25, 0.3) is 6.43 Å². The van der Waals surface area contributed by atoms with Gasteiger partial charge in [-0.3, -0.25) is 0 Å². The van der Waals surface area contributed by atoms with Gasteiger partial charge < -0.3 is 4.74 Å². The van der Waals surface area contributed by atoms with Gasteiger partial charge in [-0.25, -0.2) is 13.8 Å². The average Bonchev–Trinajstić information content (AvgIpc) is 2.02. The van der Waals surface area contributed by atoms with Gasteiger partial charge in [-0.15, -0.1) is 0 Å². The largest absolute Gasteiger partial charge is 0.481 e. The van der Waals surface area contributed by atoms with Crippen LogP contribution in [-0.4, -0.2) is 12.1 Å². The molecular weight excluding hydrogens is 291 g/mol. The summed E-state index contributed by atoms with van der Waals surface area (Å²) in [5, 5.41) is 0. The van der Waals surface area contributed by atoms with Crippen molar-refractivity contribution in [2.45, 2.75) is 13.3 Å².